The Morgan fingerprint density at radius 2 is 2.04 bits per heavy atom. The minimum absolute atomic E-state index is 0.0878. The van der Waals surface area contributed by atoms with E-state index in [2.05, 4.69) is 32.0 Å². The number of nitrogens with two attached hydrogens (primary N) is 1. The quantitative estimate of drug-likeness (QED) is 0.736. The molecule has 0 bridgehead atoms. The molecule has 0 atom stereocenters. The SMILES string of the molecule is Cc1cccc(-c2[nH]nc3nc(N4CCC(C)(N)CC4)cnc23)c1Cl. The Balaban J connectivity index is 1.69. The molecule has 0 spiro atoms. The smallest absolute Gasteiger partial charge is 0.202 e. The number of aromatic nitrogens is 4. The molecule has 0 aliphatic carbocycles. The fourth-order valence-electron chi connectivity index (χ4n) is 3.21. The molecule has 1 aromatic carbocycles. The molecule has 7 heteroatoms. The monoisotopic (exact) mass is 356 g/mol. The molecule has 0 unspecified atom stereocenters. The molecule has 130 valence electrons. The van der Waals surface area contributed by atoms with Crippen molar-refractivity contribution in [3.05, 3.63) is 35.0 Å². The van der Waals surface area contributed by atoms with Gasteiger partial charge in [0.2, 0.25) is 5.65 Å². The van der Waals surface area contributed by atoms with Crippen LogP contribution in [0.5, 0.6) is 0 Å². The van der Waals surface area contributed by atoms with Crippen LogP contribution < -0.4 is 10.6 Å². The Bertz CT molecular complexity index is 922. The van der Waals surface area contributed by atoms with E-state index in [1.54, 1.807) is 0 Å². The molecule has 0 saturated carbocycles. The van der Waals surface area contributed by atoms with Gasteiger partial charge in [-0.15, -0.1) is 0 Å². The van der Waals surface area contributed by atoms with Crippen LogP contribution in [0.2, 0.25) is 5.02 Å². The summed E-state index contributed by atoms with van der Waals surface area (Å²) in [5, 5.41) is 8.09. The molecule has 4 rings (SSSR count). The predicted octanol–water partition coefficient (Wildman–Crippen LogP) is 3.30. The maximum absolute atomic E-state index is 6.45. The summed E-state index contributed by atoms with van der Waals surface area (Å²) in [6.07, 6.45) is 3.69. The van der Waals surface area contributed by atoms with Crippen LogP contribution in [0.3, 0.4) is 0 Å². The fraction of sp³-hybridized carbons (Fsp3) is 0.389. The fourth-order valence-corrected chi connectivity index (χ4v) is 3.43. The van der Waals surface area contributed by atoms with Crippen molar-refractivity contribution in [3.63, 3.8) is 0 Å². The zero-order valence-electron chi connectivity index (χ0n) is 14.4. The van der Waals surface area contributed by atoms with Gasteiger partial charge in [-0.1, -0.05) is 29.8 Å². The maximum atomic E-state index is 6.45. The van der Waals surface area contributed by atoms with Gasteiger partial charge in [0.15, 0.2) is 0 Å². The third-order valence-electron chi connectivity index (χ3n) is 4.94. The van der Waals surface area contributed by atoms with E-state index in [0.29, 0.717) is 10.7 Å². The molecule has 1 aliphatic rings. The highest BCUT2D eigenvalue weighted by atomic mass is 35.5. The van der Waals surface area contributed by atoms with Gasteiger partial charge in [0.05, 0.1) is 16.9 Å². The third-order valence-corrected chi connectivity index (χ3v) is 5.44. The van der Waals surface area contributed by atoms with E-state index in [4.69, 9.17) is 17.3 Å². The Labute approximate surface area is 151 Å². The number of anilines is 1. The number of fused-ring (bicyclic) bond motifs is 1. The molecule has 1 fully saturated rings. The van der Waals surface area contributed by atoms with Crippen LogP contribution in [0.15, 0.2) is 24.4 Å². The van der Waals surface area contributed by atoms with Crippen molar-refractivity contribution in [1.82, 2.24) is 20.2 Å². The first-order chi connectivity index (χ1) is 11.9. The summed E-state index contributed by atoms with van der Waals surface area (Å²) in [7, 11) is 0. The highest BCUT2D eigenvalue weighted by molar-refractivity contribution is 6.34. The summed E-state index contributed by atoms with van der Waals surface area (Å²) in [5.74, 6) is 0.844. The number of aryl methyl sites for hydroxylation is 1. The largest absolute Gasteiger partial charge is 0.355 e. The summed E-state index contributed by atoms with van der Waals surface area (Å²) in [4.78, 5) is 11.5. The van der Waals surface area contributed by atoms with Gasteiger partial charge >= 0.3 is 0 Å². The van der Waals surface area contributed by atoms with E-state index >= 15 is 0 Å². The first-order valence-corrected chi connectivity index (χ1v) is 8.83. The zero-order valence-corrected chi connectivity index (χ0v) is 15.1. The second-order valence-corrected chi connectivity index (χ2v) is 7.45. The van der Waals surface area contributed by atoms with Gasteiger partial charge in [0.25, 0.3) is 0 Å². The zero-order chi connectivity index (χ0) is 17.6. The summed E-state index contributed by atoms with van der Waals surface area (Å²) in [5.41, 5.74) is 10.2. The second kappa shape index (κ2) is 5.97. The number of aromatic amines is 1. The van der Waals surface area contributed by atoms with Crippen LogP contribution in [0.4, 0.5) is 5.82 Å². The number of hydrogen-bond donors (Lipinski definition) is 2. The summed E-state index contributed by atoms with van der Waals surface area (Å²) in [6.45, 7) is 5.85. The number of benzene rings is 1. The molecule has 3 aromatic rings. The topological polar surface area (TPSA) is 83.7 Å². The lowest BCUT2D eigenvalue weighted by Crippen LogP contribution is -2.48. The van der Waals surface area contributed by atoms with E-state index < -0.39 is 0 Å². The van der Waals surface area contributed by atoms with Crippen molar-refractivity contribution in [2.24, 2.45) is 5.73 Å². The highest BCUT2D eigenvalue weighted by Crippen LogP contribution is 2.33. The second-order valence-electron chi connectivity index (χ2n) is 7.08. The number of H-pyrrole nitrogens is 1. The van der Waals surface area contributed by atoms with Gasteiger partial charge in [-0.3, -0.25) is 5.10 Å². The van der Waals surface area contributed by atoms with Gasteiger partial charge < -0.3 is 10.6 Å². The van der Waals surface area contributed by atoms with E-state index in [1.807, 2.05) is 31.3 Å². The average molecular weight is 357 g/mol. The maximum Gasteiger partial charge on any atom is 0.202 e. The Morgan fingerprint density at radius 1 is 1.28 bits per heavy atom. The molecule has 6 nitrogen and oxygen atoms in total. The molecule has 3 heterocycles. The number of halogens is 1. The van der Waals surface area contributed by atoms with Crippen molar-refractivity contribution < 1.29 is 0 Å². The molecule has 3 N–H and O–H groups in total. The van der Waals surface area contributed by atoms with Crippen molar-refractivity contribution in [2.45, 2.75) is 32.2 Å². The lowest BCUT2D eigenvalue weighted by atomic mass is 9.91. The summed E-state index contributed by atoms with van der Waals surface area (Å²) >= 11 is 6.45. The third kappa shape index (κ3) is 2.96. The van der Waals surface area contributed by atoms with Crippen molar-refractivity contribution in [1.29, 1.82) is 0 Å². The molecule has 0 amide bonds. The van der Waals surface area contributed by atoms with Crippen LogP contribution in [-0.2, 0) is 0 Å². The van der Waals surface area contributed by atoms with Crippen LogP contribution in [-0.4, -0.2) is 38.8 Å². The van der Waals surface area contributed by atoms with Crippen LogP contribution in [0, 0.1) is 6.92 Å². The molecule has 1 saturated heterocycles. The van der Waals surface area contributed by atoms with Crippen molar-refractivity contribution in [3.8, 4) is 11.3 Å². The molecule has 2 aromatic heterocycles. The van der Waals surface area contributed by atoms with E-state index in [9.17, 15) is 0 Å². The van der Waals surface area contributed by atoms with Crippen LogP contribution in [0.25, 0.3) is 22.4 Å². The molecule has 0 radical (unpaired) electrons. The van der Waals surface area contributed by atoms with E-state index in [-0.39, 0.29) is 5.54 Å². The number of hydrogen-bond acceptors (Lipinski definition) is 5. The Kier molecular flexibility index (Phi) is 3.89. The highest BCUT2D eigenvalue weighted by Gasteiger charge is 2.27. The predicted molar refractivity (Wildman–Crippen MR) is 101 cm³/mol. The van der Waals surface area contributed by atoms with Crippen molar-refractivity contribution in [2.75, 3.05) is 18.0 Å². The summed E-state index contributed by atoms with van der Waals surface area (Å²) in [6, 6.07) is 5.92. The first kappa shape index (κ1) is 16.3. The number of nitrogens with zero attached hydrogens (tertiary/aromatic N) is 4. The minimum atomic E-state index is -0.0878. The van der Waals surface area contributed by atoms with E-state index in [0.717, 1.165) is 54.1 Å². The van der Waals surface area contributed by atoms with Crippen molar-refractivity contribution >= 4 is 28.6 Å². The van der Waals surface area contributed by atoms with Crippen LogP contribution >= 0.6 is 11.6 Å². The molecule has 1 aliphatic heterocycles. The normalized spacial score (nSPS) is 17.2. The number of nitrogens with one attached hydrogen (secondary N) is 1. The molecular formula is C18H21ClN6. The number of rotatable bonds is 2. The van der Waals surface area contributed by atoms with Gasteiger partial charge in [0.1, 0.15) is 11.3 Å². The lowest BCUT2D eigenvalue weighted by molar-refractivity contribution is 0.363. The van der Waals surface area contributed by atoms with Crippen LogP contribution in [0.1, 0.15) is 25.3 Å². The van der Waals surface area contributed by atoms with Gasteiger partial charge in [-0.25, -0.2) is 9.97 Å². The standard InChI is InChI=1S/C18H21ClN6/c1-11-4-3-5-12(14(11)19)15-16-17(24-23-15)22-13(10-21-16)25-8-6-18(2,20)7-9-25/h3-5,10H,6-9,20H2,1-2H3,(H,22,23,24). The van der Waals surface area contributed by atoms with E-state index in [1.165, 1.54) is 0 Å². The minimum Gasteiger partial charge on any atom is -0.355 e. The summed E-state index contributed by atoms with van der Waals surface area (Å²) < 4.78 is 0. The molecular weight excluding hydrogens is 336 g/mol. The Hall–Kier alpha value is -2.18. The average Bonchev–Trinajstić information content (AvgIpc) is 3.00. The molecule has 25 heavy (non-hydrogen) atoms. The first-order valence-electron chi connectivity index (χ1n) is 8.45. The lowest BCUT2D eigenvalue weighted by Gasteiger charge is -2.37. The van der Waals surface area contributed by atoms with Gasteiger partial charge in [-0.05, 0) is 32.3 Å². The number of piperidine rings is 1. The Morgan fingerprint density at radius 3 is 2.80 bits per heavy atom. The van der Waals surface area contributed by atoms with Gasteiger partial charge in [0, 0.05) is 24.2 Å². The van der Waals surface area contributed by atoms with Gasteiger partial charge in [-0.2, -0.15) is 5.10 Å².